The van der Waals surface area contributed by atoms with E-state index in [2.05, 4.69) is 44.5 Å². The Hall–Kier alpha value is -2.19. The fraction of sp³-hybridized carbons (Fsp3) is 0.591. The molecule has 0 aliphatic rings. The molecule has 0 saturated heterocycles. The molecule has 0 saturated carbocycles. The minimum atomic E-state index is -1.97. The van der Waals surface area contributed by atoms with Gasteiger partial charge in [-0.15, -0.1) is 0 Å². The molecule has 30 heavy (non-hydrogen) atoms. The number of rotatable bonds is 10. The highest BCUT2D eigenvalue weighted by atomic mass is 28.4. The Balaban J connectivity index is 2.83. The van der Waals surface area contributed by atoms with Crippen LogP contribution < -0.4 is 10.6 Å². The summed E-state index contributed by atoms with van der Waals surface area (Å²) in [5, 5.41) is 5.43. The lowest BCUT2D eigenvalue weighted by Gasteiger charge is -2.36. The van der Waals surface area contributed by atoms with Crippen molar-refractivity contribution in [2.24, 2.45) is 0 Å². The van der Waals surface area contributed by atoms with E-state index >= 15 is 0 Å². The van der Waals surface area contributed by atoms with Crippen molar-refractivity contribution >= 4 is 26.1 Å². The van der Waals surface area contributed by atoms with Gasteiger partial charge in [-0.3, -0.25) is 9.59 Å². The number of carbonyl (C=O) groups is 3. The van der Waals surface area contributed by atoms with Crippen molar-refractivity contribution in [1.29, 1.82) is 0 Å². The van der Waals surface area contributed by atoms with Crippen LogP contribution in [0.3, 0.4) is 0 Å². The first kappa shape index (κ1) is 25.8. The Labute approximate surface area is 181 Å². The molecule has 0 aliphatic heterocycles. The topological polar surface area (TPSA) is 93.7 Å². The highest BCUT2D eigenvalue weighted by Gasteiger charge is 2.37. The Kier molecular flexibility index (Phi) is 9.71. The van der Waals surface area contributed by atoms with Gasteiger partial charge in [0.15, 0.2) is 8.32 Å². The molecule has 0 heterocycles. The van der Waals surface area contributed by atoms with Gasteiger partial charge in [0.05, 0.1) is 7.11 Å². The molecule has 0 aromatic heterocycles. The fourth-order valence-electron chi connectivity index (χ4n) is 2.62. The second-order valence-electron chi connectivity index (χ2n) is 8.92. The van der Waals surface area contributed by atoms with Crippen LogP contribution in [-0.2, 0) is 30.0 Å². The summed E-state index contributed by atoms with van der Waals surface area (Å²) < 4.78 is 11.0. The van der Waals surface area contributed by atoms with Crippen molar-refractivity contribution in [1.82, 2.24) is 10.6 Å². The molecular weight excluding hydrogens is 400 g/mol. The molecule has 0 spiro atoms. The number of carbonyl (C=O) groups excluding carboxylic acids is 3. The van der Waals surface area contributed by atoms with Gasteiger partial charge in [-0.1, -0.05) is 51.1 Å². The molecule has 2 atom stereocenters. The molecule has 0 radical (unpaired) electrons. The summed E-state index contributed by atoms with van der Waals surface area (Å²) in [6.07, 6.45) is 0.615. The molecule has 0 aliphatic carbocycles. The normalized spacial score (nSPS) is 13.8. The van der Waals surface area contributed by atoms with Gasteiger partial charge in [-0.25, -0.2) is 4.79 Å². The van der Waals surface area contributed by atoms with Gasteiger partial charge in [-0.2, -0.15) is 0 Å². The smallest absolute Gasteiger partial charge is 0.328 e. The lowest BCUT2D eigenvalue weighted by Crippen LogP contribution is -2.53. The first-order chi connectivity index (χ1) is 13.9. The summed E-state index contributed by atoms with van der Waals surface area (Å²) in [7, 11) is -0.690. The van der Waals surface area contributed by atoms with Crippen LogP contribution in [0.1, 0.15) is 39.7 Å². The van der Waals surface area contributed by atoms with E-state index in [1.54, 1.807) is 0 Å². The van der Waals surface area contributed by atoms with E-state index in [9.17, 15) is 14.4 Å². The Morgan fingerprint density at radius 3 is 2.13 bits per heavy atom. The van der Waals surface area contributed by atoms with Crippen LogP contribution in [0.4, 0.5) is 0 Å². The van der Waals surface area contributed by atoms with E-state index in [0.29, 0.717) is 19.4 Å². The van der Waals surface area contributed by atoms with Crippen LogP contribution >= 0.6 is 0 Å². The number of ether oxygens (including phenoxy) is 1. The van der Waals surface area contributed by atoms with Gasteiger partial charge >= 0.3 is 5.97 Å². The SMILES string of the molecule is COC(=O)[C@@H](CCO[Si](C)(C)C(C)(C)C)NC(=O)[C@@H](Cc1ccccc1)NC(C)=O. The highest BCUT2D eigenvalue weighted by Crippen LogP contribution is 2.36. The maximum atomic E-state index is 12.9. The maximum absolute atomic E-state index is 12.9. The summed E-state index contributed by atoms with van der Waals surface area (Å²) in [4.78, 5) is 36.7. The molecule has 168 valence electrons. The van der Waals surface area contributed by atoms with Gasteiger partial charge in [0, 0.05) is 26.4 Å². The molecule has 2 amide bonds. The number of esters is 1. The van der Waals surface area contributed by atoms with E-state index < -0.39 is 32.3 Å². The third kappa shape index (κ3) is 8.28. The van der Waals surface area contributed by atoms with Crippen LogP contribution in [0, 0.1) is 0 Å². The van der Waals surface area contributed by atoms with Crippen molar-refractivity contribution in [3.8, 4) is 0 Å². The van der Waals surface area contributed by atoms with Crippen LogP contribution in [0.5, 0.6) is 0 Å². The van der Waals surface area contributed by atoms with Crippen LogP contribution in [0.2, 0.25) is 18.1 Å². The van der Waals surface area contributed by atoms with Crippen LogP contribution in [-0.4, -0.2) is 51.9 Å². The second-order valence-corrected chi connectivity index (χ2v) is 13.7. The van der Waals surface area contributed by atoms with Gasteiger partial charge in [0.1, 0.15) is 12.1 Å². The number of hydrogen-bond donors (Lipinski definition) is 2. The lowest BCUT2D eigenvalue weighted by atomic mass is 10.0. The average molecular weight is 437 g/mol. The largest absolute Gasteiger partial charge is 0.467 e. The van der Waals surface area contributed by atoms with Gasteiger partial charge in [-0.05, 0) is 23.7 Å². The molecule has 7 nitrogen and oxygen atoms in total. The molecule has 1 aromatic rings. The molecule has 8 heteroatoms. The zero-order chi connectivity index (χ0) is 22.9. The number of hydrogen-bond acceptors (Lipinski definition) is 5. The summed E-state index contributed by atoms with van der Waals surface area (Å²) in [6, 6.07) is 7.74. The second kappa shape index (κ2) is 11.3. The van der Waals surface area contributed by atoms with Crippen molar-refractivity contribution in [3.63, 3.8) is 0 Å². The number of nitrogens with one attached hydrogen (secondary N) is 2. The number of methoxy groups -OCH3 is 1. The molecule has 1 aromatic carbocycles. The van der Waals surface area contributed by atoms with E-state index in [-0.39, 0.29) is 10.9 Å². The molecule has 1 rings (SSSR count). The zero-order valence-electron chi connectivity index (χ0n) is 19.2. The van der Waals surface area contributed by atoms with Gasteiger partial charge in [0.25, 0.3) is 0 Å². The monoisotopic (exact) mass is 436 g/mol. The maximum Gasteiger partial charge on any atom is 0.328 e. The molecule has 0 unspecified atom stereocenters. The standard InChI is InChI=1S/C22H36N2O5Si/c1-16(25)23-19(15-17-11-9-8-10-12-17)20(26)24-18(21(27)28-5)13-14-29-30(6,7)22(2,3)4/h8-12,18-19H,13-15H2,1-7H3,(H,23,25)(H,24,26)/t18-,19-/m1/s1. The zero-order valence-corrected chi connectivity index (χ0v) is 20.2. The third-order valence-electron chi connectivity index (χ3n) is 5.45. The number of amides is 2. The Morgan fingerprint density at radius 1 is 1.03 bits per heavy atom. The number of benzene rings is 1. The predicted octanol–water partition coefficient (Wildman–Crippen LogP) is 2.80. The lowest BCUT2D eigenvalue weighted by molar-refractivity contribution is -0.145. The van der Waals surface area contributed by atoms with E-state index in [4.69, 9.17) is 9.16 Å². The Bertz CT molecular complexity index is 716. The van der Waals surface area contributed by atoms with E-state index in [0.717, 1.165) is 5.56 Å². The highest BCUT2D eigenvalue weighted by molar-refractivity contribution is 6.74. The predicted molar refractivity (Wildman–Crippen MR) is 119 cm³/mol. The van der Waals surface area contributed by atoms with Gasteiger partial charge < -0.3 is 19.8 Å². The molecular formula is C22H36N2O5Si. The van der Waals surface area contributed by atoms with Crippen molar-refractivity contribution in [2.45, 2.75) is 70.8 Å². The van der Waals surface area contributed by atoms with Gasteiger partial charge in [0.2, 0.25) is 11.8 Å². The van der Waals surface area contributed by atoms with Crippen molar-refractivity contribution in [2.75, 3.05) is 13.7 Å². The first-order valence-corrected chi connectivity index (χ1v) is 13.1. The minimum Gasteiger partial charge on any atom is -0.467 e. The summed E-state index contributed by atoms with van der Waals surface area (Å²) >= 11 is 0. The fourth-order valence-corrected chi connectivity index (χ4v) is 3.68. The summed E-state index contributed by atoms with van der Waals surface area (Å²) in [6.45, 7) is 12.4. The molecule has 0 bridgehead atoms. The summed E-state index contributed by atoms with van der Waals surface area (Å²) in [5.41, 5.74) is 0.905. The van der Waals surface area contributed by atoms with E-state index in [1.807, 2.05) is 30.3 Å². The van der Waals surface area contributed by atoms with Crippen molar-refractivity contribution < 1.29 is 23.5 Å². The summed E-state index contributed by atoms with van der Waals surface area (Å²) in [5.74, 6) is -1.29. The van der Waals surface area contributed by atoms with Crippen LogP contribution in [0.15, 0.2) is 30.3 Å². The van der Waals surface area contributed by atoms with Crippen LogP contribution in [0.25, 0.3) is 0 Å². The molecule has 0 fully saturated rings. The molecule has 2 N–H and O–H groups in total. The average Bonchev–Trinajstić information content (AvgIpc) is 2.65. The Morgan fingerprint density at radius 2 is 1.63 bits per heavy atom. The minimum absolute atomic E-state index is 0.0448. The van der Waals surface area contributed by atoms with Crippen molar-refractivity contribution in [3.05, 3.63) is 35.9 Å². The van der Waals surface area contributed by atoms with E-state index in [1.165, 1.54) is 14.0 Å². The third-order valence-corrected chi connectivity index (χ3v) is 9.99. The quantitative estimate of drug-likeness (QED) is 0.434. The first-order valence-electron chi connectivity index (χ1n) is 10.2.